The number of benzene rings is 1. The molecule has 0 bridgehead atoms. The van der Waals surface area contributed by atoms with Gasteiger partial charge >= 0.3 is 0 Å². The number of hydrogen-bond donors (Lipinski definition) is 1. The van der Waals surface area contributed by atoms with Gasteiger partial charge in [-0.3, -0.25) is 4.79 Å². The van der Waals surface area contributed by atoms with Gasteiger partial charge in [-0.2, -0.15) is 0 Å². The van der Waals surface area contributed by atoms with Crippen molar-refractivity contribution >= 4 is 5.91 Å². The van der Waals surface area contributed by atoms with Crippen LogP contribution in [0.25, 0.3) is 11.1 Å². The van der Waals surface area contributed by atoms with Crippen LogP contribution in [-0.2, 0) is 9.53 Å². The van der Waals surface area contributed by atoms with E-state index in [0.717, 1.165) is 16.7 Å². The largest absolute Gasteiger partial charge is 0.375 e. The van der Waals surface area contributed by atoms with E-state index in [0.29, 0.717) is 0 Å². The third-order valence-electron chi connectivity index (χ3n) is 2.96. The van der Waals surface area contributed by atoms with Crippen LogP contribution in [0, 0.1) is 0 Å². The molecule has 0 aliphatic carbocycles. The molecule has 1 atom stereocenters. The lowest BCUT2D eigenvalue weighted by atomic mass is 10.0. The molecule has 1 heterocycles. The molecular weight excluding hydrogens is 254 g/mol. The quantitative estimate of drug-likeness (QED) is 0.903. The van der Waals surface area contributed by atoms with E-state index in [9.17, 15) is 4.79 Å². The van der Waals surface area contributed by atoms with Crippen molar-refractivity contribution in [3.05, 3.63) is 48.5 Å². The van der Waals surface area contributed by atoms with E-state index >= 15 is 0 Å². The van der Waals surface area contributed by atoms with Gasteiger partial charge in [0.2, 0.25) is 5.91 Å². The van der Waals surface area contributed by atoms with Crippen molar-refractivity contribution in [1.29, 1.82) is 0 Å². The zero-order chi connectivity index (χ0) is 14.4. The number of methoxy groups -OCH3 is 1. The van der Waals surface area contributed by atoms with Crippen molar-refractivity contribution in [3.63, 3.8) is 0 Å². The monoisotopic (exact) mass is 271 g/mol. The number of ether oxygens (including phenoxy) is 1. The van der Waals surface area contributed by atoms with Crippen LogP contribution in [0.4, 0.5) is 0 Å². The molecule has 1 amide bonds. The zero-order valence-corrected chi connectivity index (χ0v) is 11.5. The van der Waals surface area contributed by atoms with Crippen LogP contribution in [0.3, 0.4) is 0 Å². The zero-order valence-electron chi connectivity index (χ0n) is 11.5. The molecule has 5 nitrogen and oxygen atoms in total. The maximum atomic E-state index is 11.5. The molecule has 2 aromatic rings. The van der Waals surface area contributed by atoms with E-state index in [4.69, 9.17) is 4.74 Å². The van der Waals surface area contributed by atoms with E-state index in [1.54, 1.807) is 12.4 Å². The van der Waals surface area contributed by atoms with Crippen LogP contribution >= 0.6 is 0 Å². The molecule has 20 heavy (non-hydrogen) atoms. The molecule has 0 aliphatic heterocycles. The molecule has 0 aliphatic rings. The minimum atomic E-state index is -0.125. The molecule has 0 unspecified atom stereocenters. The molecule has 0 fully saturated rings. The second-order valence-corrected chi connectivity index (χ2v) is 4.47. The van der Waals surface area contributed by atoms with Crippen molar-refractivity contribution < 1.29 is 9.53 Å². The molecule has 0 saturated carbocycles. The van der Waals surface area contributed by atoms with Gasteiger partial charge in [-0.05, 0) is 18.1 Å². The highest BCUT2D eigenvalue weighted by Crippen LogP contribution is 2.20. The standard InChI is InChI=1S/C15H17N3O2/c1-11(18-15(19)9-20-2)12-3-5-13(6-4-12)14-7-16-10-17-8-14/h3-8,10-11H,9H2,1-2H3,(H,18,19)/t11-/m0/s1. The number of carbonyl (C=O) groups excluding carboxylic acids is 1. The first-order chi connectivity index (χ1) is 9.70. The van der Waals surface area contributed by atoms with Crippen LogP contribution in [-0.4, -0.2) is 29.6 Å². The second-order valence-electron chi connectivity index (χ2n) is 4.47. The summed E-state index contributed by atoms with van der Waals surface area (Å²) in [6, 6.07) is 7.90. The number of hydrogen-bond acceptors (Lipinski definition) is 4. The van der Waals surface area contributed by atoms with Gasteiger partial charge < -0.3 is 10.1 Å². The van der Waals surface area contributed by atoms with Crippen LogP contribution in [0.2, 0.25) is 0 Å². The van der Waals surface area contributed by atoms with Crippen molar-refractivity contribution in [2.45, 2.75) is 13.0 Å². The van der Waals surface area contributed by atoms with E-state index in [-0.39, 0.29) is 18.6 Å². The maximum Gasteiger partial charge on any atom is 0.246 e. The Morgan fingerprint density at radius 2 is 1.85 bits per heavy atom. The number of aromatic nitrogens is 2. The fourth-order valence-corrected chi connectivity index (χ4v) is 1.91. The molecular formula is C15H17N3O2. The molecule has 1 aromatic carbocycles. The number of nitrogens with zero attached hydrogens (tertiary/aromatic N) is 2. The Morgan fingerprint density at radius 3 is 2.45 bits per heavy atom. The third kappa shape index (κ3) is 3.61. The van der Waals surface area contributed by atoms with Gasteiger partial charge in [0.05, 0.1) is 6.04 Å². The fourth-order valence-electron chi connectivity index (χ4n) is 1.91. The Kier molecular flexibility index (Phi) is 4.79. The summed E-state index contributed by atoms with van der Waals surface area (Å²) in [5.74, 6) is -0.125. The summed E-state index contributed by atoms with van der Waals surface area (Å²) < 4.78 is 4.79. The number of carbonyl (C=O) groups is 1. The third-order valence-corrected chi connectivity index (χ3v) is 2.96. The Labute approximate surface area is 118 Å². The molecule has 0 radical (unpaired) electrons. The van der Waals surface area contributed by atoms with E-state index in [1.165, 1.54) is 13.4 Å². The van der Waals surface area contributed by atoms with Crippen LogP contribution in [0.15, 0.2) is 43.0 Å². The predicted molar refractivity (Wildman–Crippen MR) is 75.9 cm³/mol. The summed E-state index contributed by atoms with van der Waals surface area (Å²) in [5.41, 5.74) is 3.05. The summed E-state index contributed by atoms with van der Waals surface area (Å²) in [5, 5.41) is 2.87. The smallest absolute Gasteiger partial charge is 0.246 e. The Morgan fingerprint density at radius 1 is 1.20 bits per heavy atom. The molecule has 1 aromatic heterocycles. The molecule has 0 saturated heterocycles. The summed E-state index contributed by atoms with van der Waals surface area (Å²) >= 11 is 0. The van der Waals surface area contributed by atoms with Gasteiger partial charge in [0.1, 0.15) is 12.9 Å². The van der Waals surface area contributed by atoms with Gasteiger partial charge in [-0.1, -0.05) is 24.3 Å². The van der Waals surface area contributed by atoms with Gasteiger partial charge in [-0.25, -0.2) is 9.97 Å². The predicted octanol–water partition coefficient (Wildman–Crippen LogP) is 1.97. The lowest BCUT2D eigenvalue weighted by Gasteiger charge is -2.14. The number of rotatable bonds is 5. The first-order valence-electron chi connectivity index (χ1n) is 6.34. The van der Waals surface area contributed by atoms with E-state index in [2.05, 4.69) is 15.3 Å². The highest BCUT2D eigenvalue weighted by atomic mass is 16.5. The lowest BCUT2D eigenvalue weighted by molar-refractivity contribution is -0.125. The minimum Gasteiger partial charge on any atom is -0.375 e. The van der Waals surface area contributed by atoms with Crippen molar-refractivity contribution in [2.75, 3.05) is 13.7 Å². The molecule has 5 heteroatoms. The average Bonchev–Trinajstić information content (AvgIpc) is 2.48. The van der Waals surface area contributed by atoms with Gasteiger partial charge in [-0.15, -0.1) is 0 Å². The average molecular weight is 271 g/mol. The fraction of sp³-hybridized carbons (Fsp3) is 0.267. The summed E-state index contributed by atoms with van der Waals surface area (Å²) in [6.45, 7) is 2.01. The van der Waals surface area contributed by atoms with Crippen molar-refractivity contribution in [2.24, 2.45) is 0 Å². The topological polar surface area (TPSA) is 64.1 Å². The number of nitrogens with one attached hydrogen (secondary N) is 1. The Balaban J connectivity index is 2.06. The molecule has 1 N–H and O–H groups in total. The number of amides is 1. The van der Waals surface area contributed by atoms with Gasteiger partial charge in [0, 0.05) is 25.1 Å². The Bertz CT molecular complexity index is 555. The molecule has 2 rings (SSSR count). The summed E-state index contributed by atoms with van der Waals surface area (Å²) in [4.78, 5) is 19.5. The van der Waals surface area contributed by atoms with Gasteiger partial charge in [0.25, 0.3) is 0 Å². The van der Waals surface area contributed by atoms with Crippen LogP contribution in [0.1, 0.15) is 18.5 Å². The SMILES string of the molecule is COCC(=O)N[C@@H](C)c1ccc(-c2cncnc2)cc1. The summed E-state index contributed by atoms with van der Waals surface area (Å²) in [6.07, 6.45) is 5.04. The first-order valence-corrected chi connectivity index (χ1v) is 6.34. The van der Waals surface area contributed by atoms with Crippen molar-refractivity contribution in [1.82, 2.24) is 15.3 Å². The van der Waals surface area contributed by atoms with Crippen LogP contribution < -0.4 is 5.32 Å². The van der Waals surface area contributed by atoms with Gasteiger partial charge in [0.15, 0.2) is 0 Å². The van der Waals surface area contributed by atoms with Crippen LogP contribution in [0.5, 0.6) is 0 Å². The molecule has 104 valence electrons. The molecule has 0 spiro atoms. The second kappa shape index (κ2) is 6.77. The lowest BCUT2D eigenvalue weighted by Crippen LogP contribution is -2.29. The van der Waals surface area contributed by atoms with Crippen molar-refractivity contribution in [3.8, 4) is 11.1 Å². The summed E-state index contributed by atoms with van der Waals surface area (Å²) in [7, 11) is 1.50. The minimum absolute atomic E-state index is 0.0567. The highest BCUT2D eigenvalue weighted by molar-refractivity contribution is 5.77. The normalized spacial score (nSPS) is 11.9. The highest BCUT2D eigenvalue weighted by Gasteiger charge is 2.09. The van der Waals surface area contributed by atoms with E-state index in [1.807, 2.05) is 31.2 Å². The maximum absolute atomic E-state index is 11.5. The Hall–Kier alpha value is -2.27. The first kappa shape index (κ1) is 14.1. The van der Waals surface area contributed by atoms with E-state index < -0.39 is 0 Å².